The fraction of sp³-hybridized carbons (Fsp3) is 0.300. The van der Waals surface area contributed by atoms with Gasteiger partial charge in [-0.05, 0) is 0 Å². The monoisotopic (exact) mass is 236 g/mol. The van der Waals surface area contributed by atoms with Crippen LogP contribution in [0.3, 0.4) is 0 Å². The van der Waals surface area contributed by atoms with Gasteiger partial charge in [-0.2, -0.15) is 0 Å². The highest BCUT2D eigenvalue weighted by molar-refractivity contribution is 5.68. The molecule has 0 amide bonds. The highest BCUT2D eigenvalue weighted by Gasteiger charge is 2.08. The number of nitrogens with zero attached hydrogens (tertiary/aromatic N) is 3. The average molecular weight is 236 g/mol. The fourth-order valence-electron chi connectivity index (χ4n) is 1.36. The first-order valence-corrected chi connectivity index (χ1v) is 4.99. The molecule has 0 aliphatic carbocycles. The molecular weight excluding hydrogens is 224 g/mol. The van der Waals surface area contributed by atoms with Crippen molar-refractivity contribution in [2.24, 2.45) is 0 Å². The third-order valence-corrected chi connectivity index (χ3v) is 2.28. The summed E-state index contributed by atoms with van der Waals surface area (Å²) in [5, 5.41) is 8.92. The van der Waals surface area contributed by atoms with Crippen LogP contribution in [-0.2, 0) is 11.5 Å². The molecule has 2 rings (SSSR count). The van der Waals surface area contributed by atoms with Crippen molar-refractivity contribution in [2.45, 2.75) is 12.8 Å². The van der Waals surface area contributed by atoms with E-state index in [0.717, 1.165) is 0 Å². The molecule has 0 bridgehead atoms. The Kier molecular flexibility index (Phi) is 3.31. The first-order valence-electron chi connectivity index (χ1n) is 4.99. The first-order chi connectivity index (χ1) is 8.26. The standard InChI is InChI=1S/C10H12N4O3/c1-2-7(3-15)17-6-14-5-13-8-9(14)11-4-12-10(8)16/h2,4-5,7,15H,1,3,6H2,(H,11,12,16). The van der Waals surface area contributed by atoms with Crippen LogP contribution in [0.2, 0.25) is 0 Å². The number of aromatic nitrogens is 4. The third-order valence-electron chi connectivity index (χ3n) is 2.28. The molecule has 1 atom stereocenters. The summed E-state index contributed by atoms with van der Waals surface area (Å²) in [4.78, 5) is 21.8. The van der Waals surface area contributed by atoms with Crippen molar-refractivity contribution < 1.29 is 9.84 Å². The summed E-state index contributed by atoms with van der Waals surface area (Å²) in [6.45, 7) is 3.52. The molecule has 0 aliphatic rings. The van der Waals surface area contributed by atoms with E-state index >= 15 is 0 Å². The normalized spacial score (nSPS) is 12.8. The zero-order valence-corrected chi connectivity index (χ0v) is 9.04. The van der Waals surface area contributed by atoms with Crippen molar-refractivity contribution in [3.63, 3.8) is 0 Å². The molecule has 0 saturated carbocycles. The highest BCUT2D eigenvalue weighted by atomic mass is 16.5. The van der Waals surface area contributed by atoms with Gasteiger partial charge in [-0.25, -0.2) is 9.97 Å². The largest absolute Gasteiger partial charge is 0.393 e. The van der Waals surface area contributed by atoms with Crippen molar-refractivity contribution in [1.29, 1.82) is 0 Å². The Balaban J connectivity index is 2.22. The van der Waals surface area contributed by atoms with Gasteiger partial charge in [0.1, 0.15) is 12.8 Å². The van der Waals surface area contributed by atoms with Crippen LogP contribution in [0, 0.1) is 0 Å². The summed E-state index contributed by atoms with van der Waals surface area (Å²) in [6.07, 6.45) is 3.82. The molecule has 0 saturated heterocycles. The number of H-pyrrole nitrogens is 1. The Hall–Kier alpha value is -1.99. The topological polar surface area (TPSA) is 93.0 Å². The molecule has 7 nitrogen and oxygen atoms in total. The third kappa shape index (κ3) is 2.24. The summed E-state index contributed by atoms with van der Waals surface area (Å²) < 4.78 is 6.92. The van der Waals surface area contributed by atoms with Crippen LogP contribution in [0.15, 0.2) is 30.1 Å². The molecule has 0 fully saturated rings. The summed E-state index contributed by atoms with van der Waals surface area (Å²) in [5.74, 6) is 0. The summed E-state index contributed by atoms with van der Waals surface area (Å²) in [7, 11) is 0. The Morgan fingerprint density at radius 2 is 2.47 bits per heavy atom. The van der Waals surface area contributed by atoms with Gasteiger partial charge in [0, 0.05) is 0 Å². The van der Waals surface area contributed by atoms with Crippen LogP contribution in [0.1, 0.15) is 0 Å². The number of imidazole rings is 1. The van der Waals surface area contributed by atoms with Crippen molar-refractivity contribution in [3.05, 3.63) is 35.7 Å². The van der Waals surface area contributed by atoms with Gasteiger partial charge in [0.15, 0.2) is 11.2 Å². The second-order valence-electron chi connectivity index (χ2n) is 3.37. The number of fused-ring (bicyclic) bond motifs is 1. The van der Waals surface area contributed by atoms with Gasteiger partial charge < -0.3 is 14.8 Å². The molecule has 17 heavy (non-hydrogen) atoms. The van der Waals surface area contributed by atoms with Crippen LogP contribution in [0.25, 0.3) is 11.2 Å². The van der Waals surface area contributed by atoms with Gasteiger partial charge in [0.05, 0.1) is 19.3 Å². The number of hydrogen-bond acceptors (Lipinski definition) is 5. The lowest BCUT2D eigenvalue weighted by Crippen LogP contribution is -2.17. The molecular formula is C10H12N4O3. The van der Waals surface area contributed by atoms with E-state index in [9.17, 15) is 4.79 Å². The number of aromatic amines is 1. The molecule has 2 aromatic heterocycles. The van der Waals surface area contributed by atoms with Gasteiger partial charge in [-0.3, -0.25) is 9.36 Å². The van der Waals surface area contributed by atoms with E-state index < -0.39 is 6.10 Å². The predicted octanol–water partition coefficient (Wildman–Crippen LogP) is -0.359. The van der Waals surface area contributed by atoms with Crippen LogP contribution in [0.4, 0.5) is 0 Å². The summed E-state index contributed by atoms with van der Waals surface area (Å²) >= 11 is 0. The van der Waals surface area contributed by atoms with Crippen LogP contribution >= 0.6 is 0 Å². The van der Waals surface area contributed by atoms with E-state index in [2.05, 4.69) is 21.5 Å². The second kappa shape index (κ2) is 4.89. The van der Waals surface area contributed by atoms with Crippen molar-refractivity contribution >= 4 is 11.2 Å². The molecule has 0 radical (unpaired) electrons. The lowest BCUT2D eigenvalue weighted by molar-refractivity contribution is 0.00484. The number of aliphatic hydroxyl groups is 1. The van der Waals surface area contributed by atoms with Crippen LogP contribution in [-0.4, -0.2) is 37.3 Å². The van der Waals surface area contributed by atoms with Gasteiger partial charge in [0.25, 0.3) is 5.56 Å². The van der Waals surface area contributed by atoms with Gasteiger partial charge in [-0.15, -0.1) is 6.58 Å². The van der Waals surface area contributed by atoms with Crippen molar-refractivity contribution in [1.82, 2.24) is 19.5 Å². The number of hydrogen-bond donors (Lipinski definition) is 2. The summed E-state index contributed by atoms with van der Waals surface area (Å²) in [6, 6.07) is 0. The molecule has 2 N–H and O–H groups in total. The van der Waals surface area contributed by atoms with Gasteiger partial charge in [0.2, 0.25) is 0 Å². The molecule has 0 aromatic carbocycles. The van der Waals surface area contributed by atoms with E-state index in [1.807, 2.05) is 0 Å². The molecule has 7 heteroatoms. The number of aliphatic hydroxyl groups excluding tert-OH is 1. The Morgan fingerprint density at radius 1 is 1.65 bits per heavy atom. The lowest BCUT2D eigenvalue weighted by Gasteiger charge is -2.11. The average Bonchev–Trinajstić information content (AvgIpc) is 2.75. The fourth-order valence-corrected chi connectivity index (χ4v) is 1.36. The zero-order chi connectivity index (χ0) is 12.3. The molecule has 2 aromatic rings. The Bertz CT molecular complexity index is 574. The quantitative estimate of drug-likeness (QED) is 0.691. The Labute approximate surface area is 96.4 Å². The maximum Gasteiger partial charge on any atom is 0.278 e. The predicted molar refractivity (Wildman–Crippen MR) is 60.3 cm³/mol. The minimum atomic E-state index is -0.450. The van der Waals surface area contributed by atoms with Crippen LogP contribution in [0.5, 0.6) is 0 Å². The smallest absolute Gasteiger partial charge is 0.278 e. The number of rotatable bonds is 5. The maximum atomic E-state index is 11.4. The number of ether oxygens (including phenoxy) is 1. The first kappa shape index (κ1) is 11.5. The summed E-state index contributed by atoms with van der Waals surface area (Å²) in [5.41, 5.74) is 0.404. The Morgan fingerprint density at radius 3 is 3.18 bits per heavy atom. The van der Waals surface area contributed by atoms with Crippen LogP contribution < -0.4 is 5.56 Å². The molecule has 2 heterocycles. The van der Waals surface area contributed by atoms with Gasteiger partial charge >= 0.3 is 0 Å². The van der Waals surface area contributed by atoms with Crippen molar-refractivity contribution in [2.75, 3.05) is 6.61 Å². The van der Waals surface area contributed by atoms with E-state index in [-0.39, 0.29) is 24.4 Å². The lowest BCUT2D eigenvalue weighted by atomic mass is 10.4. The minimum Gasteiger partial charge on any atom is -0.393 e. The zero-order valence-electron chi connectivity index (χ0n) is 9.04. The second-order valence-corrected chi connectivity index (χ2v) is 3.37. The van der Waals surface area contributed by atoms with Gasteiger partial charge in [-0.1, -0.05) is 6.08 Å². The molecule has 1 unspecified atom stereocenters. The van der Waals surface area contributed by atoms with E-state index in [1.165, 1.54) is 18.7 Å². The van der Waals surface area contributed by atoms with E-state index in [0.29, 0.717) is 5.65 Å². The minimum absolute atomic E-state index is 0.143. The molecule has 90 valence electrons. The molecule has 0 aliphatic heterocycles. The number of nitrogens with one attached hydrogen (secondary N) is 1. The SMILES string of the molecule is C=CC(CO)OCn1cnc2c(=O)[nH]cnc21. The van der Waals surface area contributed by atoms with Crippen molar-refractivity contribution in [3.8, 4) is 0 Å². The maximum absolute atomic E-state index is 11.4. The molecule has 0 spiro atoms. The van der Waals surface area contributed by atoms with E-state index in [4.69, 9.17) is 9.84 Å². The highest BCUT2D eigenvalue weighted by Crippen LogP contribution is 2.05. The van der Waals surface area contributed by atoms with E-state index in [1.54, 1.807) is 4.57 Å².